The van der Waals surface area contributed by atoms with Crippen LogP contribution in [-0.2, 0) is 4.79 Å². The molecular weight excluding hydrogens is 394 g/mol. The highest BCUT2D eigenvalue weighted by Crippen LogP contribution is 2.50. The molecular formula is C21H20F2N4O3. The summed E-state index contributed by atoms with van der Waals surface area (Å²) in [5.74, 6) is -1.20. The van der Waals surface area contributed by atoms with Gasteiger partial charge in [0.15, 0.2) is 0 Å². The maximum absolute atomic E-state index is 13.7. The quantitative estimate of drug-likeness (QED) is 0.747. The topological polar surface area (TPSA) is 110 Å². The largest absolute Gasteiger partial charge is 0.496 e. The lowest BCUT2D eigenvalue weighted by atomic mass is 9.79. The normalized spacial score (nSPS) is 15.3. The number of pyridine rings is 1. The van der Waals surface area contributed by atoms with Crippen LogP contribution in [-0.4, -0.2) is 24.6 Å². The van der Waals surface area contributed by atoms with E-state index in [0.29, 0.717) is 22.6 Å². The molecule has 156 valence electrons. The van der Waals surface area contributed by atoms with E-state index in [1.165, 1.54) is 13.2 Å². The Balaban J connectivity index is 2.40. The number of nitrogens with zero attached hydrogens (tertiary/aromatic N) is 2. The molecule has 1 aromatic carbocycles. The monoisotopic (exact) mass is 414 g/mol. The number of carbonyl (C=O) groups excluding carboxylic acids is 1. The maximum atomic E-state index is 13.7. The number of aromatic nitrogens is 1. The van der Waals surface area contributed by atoms with E-state index >= 15 is 0 Å². The van der Waals surface area contributed by atoms with Crippen LogP contribution in [0.5, 0.6) is 11.6 Å². The molecule has 9 heteroatoms. The van der Waals surface area contributed by atoms with Gasteiger partial charge in [-0.3, -0.25) is 4.79 Å². The van der Waals surface area contributed by atoms with Crippen molar-refractivity contribution >= 4 is 11.6 Å². The Bertz CT molecular complexity index is 1080. The van der Waals surface area contributed by atoms with Gasteiger partial charge in [0, 0.05) is 23.0 Å². The van der Waals surface area contributed by atoms with Crippen molar-refractivity contribution in [3.63, 3.8) is 0 Å². The summed E-state index contributed by atoms with van der Waals surface area (Å²) in [6, 6.07) is 6.69. The van der Waals surface area contributed by atoms with Gasteiger partial charge in [0.2, 0.25) is 11.8 Å². The third kappa shape index (κ3) is 3.52. The second-order valence-electron chi connectivity index (χ2n) is 6.57. The van der Waals surface area contributed by atoms with Crippen molar-refractivity contribution in [2.24, 2.45) is 5.73 Å². The van der Waals surface area contributed by atoms with E-state index in [-0.39, 0.29) is 34.9 Å². The van der Waals surface area contributed by atoms with E-state index in [2.05, 4.69) is 10.3 Å². The highest BCUT2D eigenvalue weighted by atomic mass is 19.3. The number of hydrogen-bond acceptors (Lipinski definition) is 6. The summed E-state index contributed by atoms with van der Waals surface area (Å²) in [4.78, 5) is 16.5. The van der Waals surface area contributed by atoms with Crippen LogP contribution < -0.4 is 20.5 Å². The van der Waals surface area contributed by atoms with Crippen molar-refractivity contribution in [2.45, 2.75) is 26.2 Å². The predicted molar refractivity (Wildman–Crippen MR) is 105 cm³/mol. The lowest BCUT2D eigenvalue weighted by molar-refractivity contribution is -0.114. The van der Waals surface area contributed by atoms with Gasteiger partial charge in [0.1, 0.15) is 5.75 Å². The molecule has 1 atom stereocenters. The molecule has 1 aromatic heterocycles. The number of nitrogens with one attached hydrogen (secondary N) is 1. The van der Waals surface area contributed by atoms with Crippen LogP contribution in [0, 0.1) is 11.3 Å². The Labute approximate surface area is 172 Å². The minimum Gasteiger partial charge on any atom is -0.496 e. The molecule has 0 saturated carbocycles. The molecule has 0 radical (unpaired) electrons. The first kappa shape index (κ1) is 21.0. The van der Waals surface area contributed by atoms with E-state index in [0.717, 1.165) is 6.20 Å². The fourth-order valence-electron chi connectivity index (χ4n) is 3.62. The number of amides is 1. The van der Waals surface area contributed by atoms with E-state index in [1.807, 2.05) is 6.07 Å². The minimum absolute atomic E-state index is 0.104. The first-order valence-corrected chi connectivity index (χ1v) is 9.13. The third-order valence-electron chi connectivity index (χ3n) is 4.86. The standard InChI is InChI=1S/C21H20F2N4O3/c1-4-30-21-17-16(12-6-5-11(8-24)7-14(12)29-3)15(20(25)28)10(2)27-18(17)13(9-26-21)19(22)23/h5-7,9,16,19,27H,4H2,1-3H3,(H2,25,28)/t16-/m0/s1. The Morgan fingerprint density at radius 1 is 1.43 bits per heavy atom. The number of allylic oxidation sites excluding steroid dienone is 1. The highest BCUT2D eigenvalue weighted by molar-refractivity contribution is 5.98. The van der Waals surface area contributed by atoms with Gasteiger partial charge in [-0.15, -0.1) is 0 Å². The zero-order chi connectivity index (χ0) is 22.0. The van der Waals surface area contributed by atoms with Crippen LogP contribution >= 0.6 is 0 Å². The zero-order valence-electron chi connectivity index (χ0n) is 16.6. The maximum Gasteiger partial charge on any atom is 0.267 e. The predicted octanol–water partition coefficient (Wildman–Crippen LogP) is 3.61. The van der Waals surface area contributed by atoms with E-state index in [1.54, 1.807) is 26.0 Å². The molecule has 0 aliphatic carbocycles. The van der Waals surface area contributed by atoms with Crippen LogP contribution in [0.4, 0.5) is 14.5 Å². The number of primary amides is 1. The number of benzene rings is 1. The number of nitrogens with two attached hydrogens (primary N) is 1. The van der Waals surface area contributed by atoms with Crippen LogP contribution in [0.3, 0.4) is 0 Å². The minimum atomic E-state index is -2.80. The van der Waals surface area contributed by atoms with Crippen molar-refractivity contribution in [1.29, 1.82) is 5.26 Å². The molecule has 1 aliphatic rings. The second-order valence-corrected chi connectivity index (χ2v) is 6.57. The summed E-state index contributed by atoms with van der Waals surface area (Å²) < 4.78 is 38.5. The summed E-state index contributed by atoms with van der Waals surface area (Å²) in [5.41, 5.74) is 7.04. The summed E-state index contributed by atoms with van der Waals surface area (Å²) in [6.07, 6.45) is -1.75. The van der Waals surface area contributed by atoms with Gasteiger partial charge >= 0.3 is 0 Å². The van der Waals surface area contributed by atoms with Crippen molar-refractivity contribution in [1.82, 2.24) is 4.98 Å². The first-order chi connectivity index (χ1) is 14.3. The SMILES string of the molecule is CCOc1ncc(C(F)F)c2c1[C@@H](c1ccc(C#N)cc1OC)C(C(N)=O)=C(C)N2. The van der Waals surface area contributed by atoms with Crippen LogP contribution in [0.2, 0.25) is 0 Å². The lowest BCUT2D eigenvalue weighted by Crippen LogP contribution is -2.29. The lowest BCUT2D eigenvalue weighted by Gasteiger charge is -2.32. The van der Waals surface area contributed by atoms with E-state index in [4.69, 9.17) is 15.2 Å². The average Bonchev–Trinajstić information content (AvgIpc) is 2.72. The van der Waals surface area contributed by atoms with E-state index < -0.39 is 18.3 Å². The summed E-state index contributed by atoms with van der Waals surface area (Å²) >= 11 is 0. The van der Waals surface area contributed by atoms with Gasteiger partial charge in [-0.1, -0.05) is 6.07 Å². The van der Waals surface area contributed by atoms with Crippen molar-refractivity contribution in [3.05, 3.63) is 57.9 Å². The molecule has 0 unspecified atom stereocenters. The fourth-order valence-corrected chi connectivity index (χ4v) is 3.62. The van der Waals surface area contributed by atoms with Crippen LogP contribution in [0.1, 0.15) is 48.4 Å². The van der Waals surface area contributed by atoms with Crippen LogP contribution in [0.15, 0.2) is 35.7 Å². The highest BCUT2D eigenvalue weighted by Gasteiger charge is 2.38. The average molecular weight is 414 g/mol. The number of ether oxygens (including phenoxy) is 2. The molecule has 0 bridgehead atoms. The first-order valence-electron chi connectivity index (χ1n) is 9.13. The zero-order valence-corrected chi connectivity index (χ0v) is 16.6. The number of carbonyl (C=O) groups is 1. The van der Waals surface area contributed by atoms with Crippen molar-refractivity contribution in [2.75, 3.05) is 19.0 Å². The molecule has 0 fully saturated rings. The number of halogens is 2. The van der Waals surface area contributed by atoms with Crippen LogP contribution in [0.25, 0.3) is 0 Å². The molecule has 1 aliphatic heterocycles. The molecule has 0 saturated heterocycles. The summed E-state index contributed by atoms with van der Waals surface area (Å²) in [7, 11) is 1.42. The molecule has 2 aromatic rings. The van der Waals surface area contributed by atoms with Gasteiger partial charge in [0.05, 0.1) is 48.1 Å². The number of fused-ring (bicyclic) bond motifs is 1. The third-order valence-corrected chi connectivity index (χ3v) is 4.86. The van der Waals surface area contributed by atoms with E-state index in [9.17, 15) is 18.8 Å². The van der Waals surface area contributed by atoms with Gasteiger partial charge < -0.3 is 20.5 Å². The Morgan fingerprint density at radius 2 is 2.17 bits per heavy atom. The van der Waals surface area contributed by atoms with Crippen molar-refractivity contribution < 1.29 is 23.0 Å². The molecule has 2 heterocycles. The number of rotatable bonds is 6. The molecule has 3 rings (SSSR count). The number of hydrogen-bond donors (Lipinski definition) is 2. The number of alkyl halides is 2. The fraction of sp³-hybridized carbons (Fsp3) is 0.286. The van der Waals surface area contributed by atoms with Gasteiger partial charge in [-0.05, 0) is 26.0 Å². The number of methoxy groups -OCH3 is 1. The number of anilines is 1. The molecule has 0 spiro atoms. The van der Waals surface area contributed by atoms with Gasteiger partial charge in [-0.25, -0.2) is 13.8 Å². The second kappa shape index (κ2) is 8.37. The Kier molecular flexibility index (Phi) is 5.87. The Morgan fingerprint density at radius 3 is 2.73 bits per heavy atom. The summed E-state index contributed by atoms with van der Waals surface area (Å²) in [6.45, 7) is 3.56. The Hall–Kier alpha value is -3.67. The molecule has 1 amide bonds. The smallest absolute Gasteiger partial charge is 0.267 e. The van der Waals surface area contributed by atoms with Gasteiger partial charge in [-0.2, -0.15) is 5.26 Å². The molecule has 7 nitrogen and oxygen atoms in total. The van der Waals surface area contributed by atoms with Crippen molar-refractivity contribution in [3.8, 4) is 17.7 Å². The molecule has 30 heavy (non-hydrogen) atoms. The van der Waals surface area contributed by atoms with Gasteiger partial charge in [0.25, 0.3) is 6.43 Å². The molecule has 3 N–H and O–H groups in total. The number of nitriles is 1. The summed E-state index contributed by atoms with van der Waals surface area (Å²) in [5, 5.41) is 12.1.